The van der Waals surface area contributed by atoms with Crippen LogP contribution in [-0.2, 0) is 5.54 Å². The first-order chi connectivity index (χ1) is 7.78. The second kappa shape index (κ2) is 3.86. The van der Waals surface area contributed by atoms with Crippen molar-refractivity contribution in [3.63, 3.8) is 0 Å². The predicted molar refractivity (Wildman–Crippen MR) is 63.1 cm³/mol. The zero-order valence-electron chi connectivity index (χ0n) is 9.63. The lowest BCUT2D eigenvalue weighted by Gasteiger charge is -2.36. The van der Waals surface area contributed by atoms with E-state index in [2.05, 4.69) is 15.3 Å². The summed E-state index contributed by atoms with van der Waals surface area (Å²) in [5, 5.41) is 3.38. The molecule has 1 saturated carbocycles. The highest BCUT2D eigenvalue weighted by molar-refractivity contribution is 5.16. The van der Waals surface area contributed by atoms with Gasteiger partial charge in [0.2, 0.25) is 0 Å². The van der Waals surface area contributed by atoms with Crippen LogP contribution in [-0.4, -0.2) is 23.1 Å². The lowest BCUT2D eigenvalue weighted by atomic mass is 9.77. The highest BCUT2D eigenvalue weighted by atomic mass is 15.0. The molecule has 0 spiro atoms. The van der Waals surface area contributed by atoms with Crippen molar-refractivity contribution >= 4 is 0 Å². The average molecular weight is 220 g/mol. The molecular weight excluding hydrogens is 200 g/mol. The van der Waals surface area contributed by atoms with E-state index >= 15 is 0 Å². The fourth-order valence-electron chi connectivity index (χ4n) is 2.72. The zero-order chi connectivity index (χ0) is 11.0. The Bertz CT molecular complexity index is 361. The monoisotopic (exact) mass is 220 g/mol. The van der Waals surface area contributed by atoms with E-state index in [1.807, 2.05) is 6.20 Å². The predicted octanol–water partition coefficient (Wildman–Crippen LogP) is 1.21. The van der Waals surface area contributed by atoms with Gasteiger partial charge in [-0.1, -0.05) is 0 Å². The van der Waals surface area contributed by atoms with E-state index in [0.717, 1.165) is 31.8 Å². The molecule has 4 nitrogen and oxygen atoms in total. The normalized spacial score (nSPS) is 25.3. The Morgan fingerprint density at radius 3 is 2.69 bits per heavy atom. The number of nitrogens with two attached hydrogens (primary N) is 1. The smallest absolute Gasteiger partial charge is 0.126 e. The average Bonchev–Trinajstić information content (AvgIpc) is 2.77. The third-order valence-corrected chi connectivity index (χ3v) is 4.09. The molecule has 1 aliphatic carbocycles. The number of aromatic amines is 1. The zero-order valence-corrected chi connectivity index (χ0v) is 9.63. The van der Waals surface area contributed by atoms with Gasteiger partial charge in [-0.05, 0) is 45.2 Å². The van der Waals surface area contributed by atoms with E-state index in [0.29, 0.717) is 5.92 Å². The molecule has 1 saturated heterocycles. The number of H-pyrrole nitrogens is 1. The third-order valence-electron chi connectivity index (χ3n) is 4.09. The summed E-state index contributed by atoms with van der Waals surface area (Å²) in [4.78, 5) is 7.95. The third kappa shape index (κ3) is 1.66. The van der Waals surface area contributed by atoms with E-state index in [1.54, 1.807) is 0 Å². The van der Waals surface area contributed by atoms with Crippen molar-refractivity contribution in [2.75, 3.05) is 13.1 Å². The lowest BCUT2D eigenvalue weighted by Crippen LogP contribution is -2.44. The van der Waals surface area contributed by atoms with Crippen molar-refractivity contribution in [2.24, 2.45) is 5.73 Å². The van der Waals surface area contributed by atoms with Crippen molar-refractivity contribution in [1.82, 2.24) is 15.3 Å². The second-order valence-corrected chi connectivity index (χ2v) is 5.22. The van der Waals surface area contributed by atoms with Gasteiger partial charge in [-0.15, -0.1) is 0 Å². The molecule has 4 heteroatoms. The van der Waals surface area contributed by atoms with E-state index in [-0.39, 0.29) is 5.54 Å². The van der Waals surface area contributed by atoms with Gasteiger partial charge in [0.25, 0.3) is 0 Å². The molecular formula is C12H20N4. The van der Waals surface area contributed by atoms with Gasteiger partial charge in [0.05, 0.1) is 5.54 Å². The van der Waals surface area contributed by atoms with Crippen LogP contribution in [0.2, 0.25) is 0 Å². The molecule has 2 aliphatic rings. The first kappa shape index (κ1) is 10.3. The fourth-order valence-corrected chi connectivity index (χ4v) is 2.72. The molecule has 3 rings (SSSR count). The molecule has 0 aromatic carbocycles. The maximum absolute atomic E-state index is 6.26. The Balaban J connectivity index is 1.76. The lowest BCUT2D eigenvalue weighted by molar-refractivity contribution is 0.239. The number of piperidine rings is 1. The van der Waals surface area contributed by atoms with Crippen molar-refractivity contribution in [3.05, 3.63) is 17.7 Å². The molecule has 1 aromatic rings. The Hall–Kier alpha value is -0.870. The Morgan fingerprint density at radius 1 is 1.31 bits per heavy atom. The molecule has 0 unspecified atom stereocenters. The molecule has 1 aliphatic heterocycles. The number of aromatic nitrogens is 2. The number of hydrogen-bond donors (Lipinski definition) is 3. The summed E-state index contributed by atoms with van der Waals surface area (Å²) in [6, 6.07) is 0. The summed E-state index contributed by atoms with van der Waals surface area (Å²) in [7, 11) is 0. The molecule has 0 radical (unpaired) electrons. The Kier molecular flexibility index (Phi) is 2.48. The largest absolute Gasteiger partial charge is 0.344 e. The number of nitrogens with one attached hydrogen (secondary N) is 2. The highest BCUT2D eigenvalue weighted by Crippen LogP contribution is 2.37. The van der Waals surface area contributed by atoms with Crippen molar-refractivity contribution in [3.8, 4) is 0 Å². The summed E-state index contributed by atoms with van der Waals surface area (Å²) >= 11 is 0. The number of imidazole rings is 1. The van der Waals surface area contributed by atoms with Gasteiger partial charge >= 0.3 is 0 Å². The van der Waals surface area contributed by atoms with Crippen LogP contribution in [0.25, 0.3) is 0 Å². The molecule has 2 fully saturated rings. The molecule has 1 aromatic heterocycles. The summed E-state index contributed by atoms with van der Waals surface area (Å²) in [6.45, 7) is 2.24. The molecule has 4 N–H and O–H groups in total. The minimum absolute atomic E-state index is 0.148. The SMILES string of the molecule is NC1(c2ncc(C3CCNCC3)[nH]2)CCC1. The van der Waals surface area contributed by atoms with Crippen LogP contribution in [0.4, 0.5) is 0 Å². The van der Waals surface area contributed by atoms with Crippen LogP contribution in [0, 0.1) is 0 Å². The standard InChI is InChI=1S/C12H20N4/c13-12(4-1-5-12)11-15-8-10(16-11)9-2-6-14-7-3-9/h8-9,14H,1-7,13H2,(H,15,16). The van der Waals surface area contributed by atoms with Crippen LogP contribution < -0.4 is 11.1 Å². The van der Waals surface area contributed by atoms with Crippen LogP contribution in [0.1, 0.15) is 49.5 Å². The minimum atomic E-state index is -0.148. The van der Waals surface area contributed by atoms with E-state index in [1.165, 1.54) is 25.0 Å². The topological polar surface area (TPSA) is 66.7 Å². The van der Waals surface area contributed by atoms with Gasteiger partial charge in [0.15, 0.2) is 0 Å². The maximum Gasteiger partial charge on any atom is 0.126 e. The van der Waals surface area contributed by atoms with Crippen LogP contribution >= 0.6 is 0 Å². The first-order valence-electron chi connectivity index (χ1n) is 6.33. The van der Waals surface area contributed by atoms with Gasteiger partial charge < -0.3 is 16.0 Å². The molecule has 0 amide bonds. The van der Waals surface area contributed by atoms with Crippen molar-refractivity contribution in [2.45, 2.75) is 43.6 Å². The first-order valence-corrected chi connectivity index (χ1v) is 6.33. The van der Waals surface area contributed by atoms with Gasteiger partial charge in [0, 0.05) is 17.8 Å². The van der Waals surface area contributed by atoms with Gasteiger partial charge in [-0.25, -0.2) is 4.98 Å². The van der Waals surface area contributed by atoms with Gasteiger partial charge in [-0.2, -0.15) is 0 Å². The highest BCUT2D eigenvalue weighted by Gasteiger charge is 2.37. The molecule has 0 bridgehead atoms. The summed E-state index contributed by atoms with van der Waals surface area (Å²) in [6.07, 6.45) is 7.80. The minimum Gasteiger partial charge on any atom is -0.344 e. The molecule has 16 heavy (non-hydrogen) atoms. The fraction of sp³-hybridized carbons (Fsp3) is 0.750. The van der Waals surface area contributed by atoms with Crippen LogP contribution in [0.5, 0.6) is 0 Å². The summed E-state index contributed by atoms with van der Waals surface area (Å²) in [5.41, 5.74) is 7.40. The summed E-state index contributed by atoms with van der Waals surface area (Å²) < 4.78 is 0. The van der Waals surface area contributed by atoms with E-state index < -0.39 is 0 Å². The van der Waals surface area contributed by atoms with E-state index in [9.17, 15) is 0 Å². The number of nitrogens with zero attached hydrogens (tertiary/aromatic N) is 1. The Labute approximate surface area is 96.0 Å². The second-order valence-electron chi connectivity index (χ2n) is 5.22. The van der Waals surface area contributed by atoms with Crippen LogP contribution in [0.15, 0.2) is 6.20 Å². The Morgan fingerprint density at radius 2 is 2.06 bits per heavy atom. The van der Waals surface area contributed by atoms with E-state index in [4.69, 9.17) is 5.73 Å². The molecule has 2 heterocycles. The number of rotatable bonds is 2. The van der Waals surface area contributed by atoms with Crippen molar-refractivity contribution < 1.29 is 0 Å². The van der Waals surface area contributed by atoms with Crippen LogP contribution in [0.3, 0.4) is 0 Å². The van der Waals surface area contributed by atoms with Gasteiger partial charge in [-0.3, -0.25) is 0 Å². The molecule has 0 atom stereocenters. The number of hydrogen-bond acceptors (Lipinski definition) is 3. The van der Waals surface area contributed by atoms with Gasteiger partial charge in [0.1, 0.15) is 5.82 Å². The maximum atomic E-state index is 6.26. The summed E-state index contributed by atoms with van der Waals surface area (Å²) in [5.74, 6) is 1.65. The van der Waals surface area contributed by atoms with Crippen molar-refractivity contribution in [1.29, 1.82) is 0 Å². The quantitative estimate of drug-likeness (QED) is 0.702. The molecule has 88 valence electrons.